The van der Waals surface area contributed by atoms with Crippen molar-refractivity contribution in [1.29, 1.82) is 0 Å². The number of amides is 1. The standard InChI is InChI=1S/C15H24N2O4/c1-3-7-20-9-10-21-8-6-15(18)17-13-11-12(16)4-5-14(13)19-2/h4-5,11H,3,6-10,16H2,1-2H3,(H,17,18). The third-order valence-electron chi connectivity index (χ3n) is 2.69. The third kappa shape index (κ3) is 6.97. The minimum Gasteiger partial charge on any atom is -0.495 e. The van der Waals surface area contributed by atoms with Crippen LogP contribution in [0.5, 0.6) is 5.75 Å². The Bertz CT molecular complexity index is 438. The van der Waals surface area contributed by atoms with Crippen molar-refractivity contribution in [2.24, 2.45) is 0 Å². The van der Waals surface area contributed by atoms with E-state index in [1.807, 2.05) is 0 Å². The predicted molar refractivity (Wildman–Crippen MR) is 82.6 cm³/mol. The van der Waals surface area contributed by atoms with E-state index < -0.39 is 0 Å². The first kappa shape index (κ1) is 17.3. The number of nitrogens with two attached hydrogens (primary N) is 1. The van der Waals surface area contributed by atoms with Crippen LogP contribution in [-0.4, -0.2) is 39.4 Å². The summed E-state index contributed by atoms with van der Waals surface area (Å²) in [7, 11) is 1.54. The highest BCUT2D eigenvalue weighted by molar-refractivity contribution is 5.92. The zero-order valence-corrected chi connectivity index (χ0v) is 12.7. The summed E-state index contributed by atoms with van der Waals surface area (Å²) < 4.78 is 15.8. The maximum Gasteiger partial charge on any atom is 0.226 e. The molecule has 1 amide bonds. The highest BCUT2D eigenvalue weighted by Crippen LogP contribution is 2.26. The highest BCUT2D eigenvalue weighted by atomic mass is 16.5. The number of methoxy groups -OCH3 is 1. The molecule has 0 saturated carbocycles. The molecule has 0 spiro atoms. The Labute approximate surface area is 125 Å². The lowest BCUT2D eigenvalue weighted by atomic mass is 10.2. The molecule has 0 unspecified atom stereocenters. The topological polar surface area (TPSA) is 82.8 Å². The number of anilines is 2. The van der Waals surface area contributed by atoms with Crippen LogP contribution in [0.2, 0.25) is 0 Å². The zero-order valence-electron chi connectivity index (χ0n) is 12.7. The molecule has 0 fully saturated rings. The Balaban J connectivity index is 2.26. The summed E-state index contributed by atoms with van der Waals surface area (Å²) in [6, 6.07) is 5.09. The van der Waals surface area contributed by atoms with Gasteiger partial charge in [-0.05, 0) is 24.6 Å². The monoisotopic (exact) mass is 296 g/mol. The molecule has 0 aliphatic carbocycles. The van der Waals surface area contributed by atoms with Crippen molar-refractivity contribution in [2.45, 2.75) is 19.8 Å². The highest BCUT2D eigenvalue weighted by Gasteiger charge is 2.08. The minimum atomic E-state index is -0.145. The fourth-order valence-corrected chi connectivity index (χ4v) is 1.67. The average molecular weight is 296 g/mol. The molecule has 1 aromatic rings. The Kier molecular flexibility index (Phi) is 8.23. The Hall–Kier alpha value is -1.79. The van der Waals surface area contributed by atoms with E-state index in [1.54, 1.807) is 25.3 Å². The molecule has 0 heterocycles. The summed E-state index contributed by atoms with van der Waals surface area (Å²) in [5.41, 5.74) is 6.82. The van der Waals surface area contributed by atoms with Gasteiger partial charge in [0.2, 0.25) is 5.91 Å². The van der Waals surface area contributed by atoms with Crippen molar-refractivity contribution in [2.75, 3.05) is 44.6 Å². The number of nitrogen functional groups attached to an aromatic ring is 1. The molecule has 0 saturated heterocycles. The van der Waals surface area contributed by atoms with E-state index in [-0.39, 0.29) is 12.3 Å². The normalized spacial score (nSPS) is 10.4. The van der Waals surface area contributed by atoms with Crippen molar-refractivity contribution in [3.8, 4) is 5.75 Å². The Morgan fingerprint density at radius 2 is 1.90 bits per heavy atom. The molecule has 6 nitrogen and oxygen atoms in total. The SMILES string of the molecule is CCCOCCOCCC(=O)Nc1cc(N)ccc1OC. The molecule has 1 rings (SSSR count). The molecular formula is C15H24N2O4. The molecule has 0 atom stereocenters. The van der Waals surface area contributed by atoms with Gasteiger partial charge in [0.1, 0.15) is 5.75 Å². The molecule has 21 heavy (non-hydrogen) atoms. The van der Waals surface area contributed by atoms with Gasteiger partial charge in [-0.2, -0.15) is 0 Å². The van der Waals surface area contributed by atoms with Crippen LogP contribution >= 0.6 is 0 Å². The van der Waals surface area contributed by atoms with Gasteiger partial charge in [-0.3, -0.25) is 4.79 Å². The third-order valence-corrected chi connectivity index (χ3v) is 2.69. The van der Waals surface area contributed by atoms with E-state index >= 15 is 0 Å². The van der Waals surface area contributed by atoms with Crippen LogP contribution in [0.25, 0.3) is 0 Å². The quantitative estimate of drug-likeness (QED) is 0.510. The van der Waals surface area contributed by atoms with E-state index in [0.29, 0.717) is 36.9 Å². The van der Waals surface area contributed by atoms with Gasteiger partial charge < -0.3 is 25.3 Å². The number of carbonyl (C=O) groups is 1. The molecule has 0 aliphatic heterocycles. The molecule has 6 heteroatoms. The smallest absolute Gasteiger partial charge is 0.226 e. The molecule has 118 valence electrons. The molecule has 3 N–H and O–H groups in total. The summed E-state index contributed by atoms with van der Waals surface area (Å²) in [4.78, 5) is 11.8. The second kappa shape index (κ2) is 10.0. The van der Waals surface area contributed by atoms with E-state index in [9.17, 15) is 4.79 Å². The first-order chi connectivity index (χ1) is 10.2. The molecule has 1 aromatic carbocycles. The number of rotatable bonds is 10. The zero-order chi connectivity index (χ0) is 15.5. The van der Waals surface area contributed by atoms with Crippen molar-refractivity contribution in [3.05, 3.63) is 18.2 Å². The summed E-state index contributed by atoms with van der Waals surface area (Å²) in [6.45, 7) is 4.19. The van der Waals surface area contributed by atoms with Crippen molar-refractivity contribution in [3.63, 3.8) is 0 Å². The number of carbonyl (C=O) groups excluding carboxylic acids is 1. The number of hydrogen-bond acceptors (Lipinski definition) is 5. The van der Waals surface area contributed by atoms with Gasteiger partial charge >= 0.3 is 0 Å². The average Bonchev–Trinajstić information content (AvgIpc) is 2.46. The van der Waals surface area contributed by atoms with Gasteiger partial charge in [0.05, 0.1) is 39.0 Å². The van der Waals surface area contributed by atoms with Crippen LogP contribution in [0.15, 0.2) is 18.2 Å². The van der Waals surface area contributed by atoms with Crippen LogP contribution in [-0.2, 0) is 14.3 Å². The first-order valence-corrected chi connectivity index (χ1v) is 7.06. The fourth-order valence-electron chi connectivity index (χ4n) is 1.67. The first-order valence-electron chi connectivity index (χ1n) is 7.06. The number of nitrogens with one attached hydrogen (secondary N) is 1. The van der Waals surface area contributed by atoms with Gasteiger partial charge in [0, 0.05) is 12.3 Å². The lowest BCUT2D eigenvalue weighted by Crippen LogP contribution is -2.16. The largest absolute Gasteiger partial charge is 0.495 e. The number of benzene rings is 1. The van der Waals surface area contributed by atoms with E-state index in [4.69, 9.17) is 19.9 Å². The van der Waals surface area contributed by atoms with E-state index in [2.05, 4.69) is 12.2 Å². The van der Waals surface area contributed by atoms with Crippen molar-refractivity contribution < 1.29 is 19.0 Å². The molecular weight excluding hydrogens is 272 g/mol. The second-order valence-corrected chi connectivity index (χ2v) is 4.48. The Morgan fingerprint density at radius 3 is 2.57 bits per heavy atom. The van der Waals surface area contributed by atoms with Crippen LogP contribution in [0.4, 0.5) is 11.4 Å². The summed E-state index contributed by atoms with van der Waals surface area (Å²) in [5.74, 6) is 0.430. The Morgan fingerprint density at radius 1 is 1.19 bits per heavy atom. The van der Waals surface area contributed by atoms with Crippen LogP contribution in [0, 0.1) is 0 Å². The van der Waals surface area contributed by atoms with E-state index in [1.165, 1.54) is 0 Å². The molecule has 0 aromatic heterocycles. The molecule has 0 bridgehead atoms. The van der Waals surface area contributed by atoms with E-state index in [0.717, 1.165) is 13.0 Å². The molecule has 0 radical (unpaired) electrons. The van der Waals surface area contributed by atoms with Crippen LogP contribution < -0.4 is 15.8 Å². The summed E-state index contributed by atoms with van der Waals surface area (Å²) in [6.07, 6.45) is 1.26. The summed E-state index contributed by atoms with van der Waals surface area (Å²) >= 11 is 0. The summed E-state index contributed by atoms with van der Waals surface area (Å²) in [5, 5.41) is 2.76. The van der Waals surface area contributed by atoms with Crippen molar-refractivity contribution >= 4 is 17.3 Å². The lowest BCUT2D eigenvalue weighted by Gasteiger charge is -2.11. The lowest BCUT2D eigenvalue weighted by molar-refractivity contribution is -0.117. The van der Waals surface area contributed by atoms with Gasteiger partial charge in [-0.25, -0.2) is 0 Å². The van der Waals surface area contributed by atoms with Crippen LogP contribution in [0.3, 0.4) is 0 Å². The van der Waals surface area contributed by atoms with Gasteiger partial charge in [-0.15, -0.1) is 0 Å². The van der Waals surface area contributed by atoms with Crippen molar-refractivity contribution in [1.82, 2.24) is 0 Å². The predicted octanol–water partition coefficient (Wildman–Crippen LogP) is 2.05. The maximum absolute atomic E-state index is 11.8. The van der Waals surface area contributed by atoms with Gasteiger partial charge in [0.25, 0.3) is 0 Å². The minimum absolute atomic E-state index is 0.145. The number of hydrogen-bond donors (Lipinski definition) is 2. The fraction of sp³-hybridized carbons (Fsp3) is 0.533. The maximum atomic E-state index is 11.8. The number of ether oxygens (including phenoxy) is 3. The van der Waals surface area contributed by atoms with Gasteiger partial charge in [0.15, 0.2) is 0 Å². The second-order valence-electron chi connectivity index (χ2n) is 4.48. The van der Waals surface area contributed by atoms with Crippen LogP contribution in [0.1, 0.15) is 19.8 Å². The van der Waals surface area contributed by atoms with Gasteiger partial charge in [-0.1, -0.05) is 6.92 Å². The molecule has 0 aliphatic rings.